The van der Waals surface area contributed by atoms with Gasteiger partial charge in [0.2, 0.25) is 0 Å². The molecule has 8 heteroatoms. The summed E-state index contributed by atoms with van der Waals surface area (Å²) in [6, 6.07) is 13.9. The molecule has 176 valence electrons. The highest BCUT2D eigenvalue weighted by Gasteiger charge is 2.23. The number of morpholine rings is 1. The van der Waals surface area contributed by atoms with Crippen molar-refractivity contribution in [3.63, 3.8) is 0 Å². The van der Waals surface area contributed by atoms with Crippen molar-refractivity contribution in [1.29, 1.82) is 0 Å². The van der Waals surface area contributed by atoms with Gasteiger partial charge in [-0.2, -0.15) is 0 Å². The van der Waals surface area contributed by atoms with Gasteiger partial charge >= 0.3 is 11.9 Å². The molecule has 1 fully saturated rings. The van der Waals surface area contributed by atoms with Crippen molar-refractivity contribution in [1.82, 2.24) is 4.90 Å². The lowest BCUT2D eigenvalue weighted by Crippen LogP contribution is -2.36. The molecule has 2 aliphatic rings. The third kappa shape index (κ3) is 7.13. The molecule has 2 heterocycles. The Hall–Kier alpha value is -3.23. The first kappa shape index (κ1) is 24.4. The zero-order chi connectivity index (χ0) is 23.8. The van der Waals surface area contributed by atoms with Gasteiger partial charge in [0.25, 0.3) is 0 Å². The van der Waals surface area contributed by atoms with Crippen LogP contribution in [0.4, 0.5) is 10.1 Å². The summed E-state index contributed by atoms with van der Waals surface area (Å²) in [5.41, 5.74) is 5.26. The quantitative estimate of drug-likeness (QED) is 0.682. The van der Waals surface area contributed by atoms with Crippen LogP contribution in [-0.4, -0.2) is 66.9 Å². The van der Waals surface area contributed by atoms with Crippen LogP contribution < -0.4 is 4.90 Å². The Bertz CT molecular complexity index is 971. The summed E-state index contributed by atoms with van der Waals surface area (Å²) in [4.78, 5) is 23.9. The molecular formula is C25H29FN2O5. The number of hydrogen-bond donors (Lipinski definition) is 2. The summed E-state index contributed by atoms with van der Waals surface area (Å²) in [6.07, 6.45) is 2.18. The molecule has 1 unspecified atom stereocenters. The Morgan fingerprint density at radius 1 is 1.00 bits per heavy atom. The van der Waals surface area contributed by atoms with E-state index in [2.05, 4.69) is 35.0 Å². The molecule has 2 aromatic rings. The highest BCUT2D eigenvalue weighted by Crippen LogP contribution is 2.35. The number of aliphatic carboxylic acids is 2. The van der Waals surface area contributed by atoms with E-state index in [4.69, 9.17) is 14.9 Å². The first-order chi connectivity index (χ1) is 15.8. The number of halogens is 1. The predicted molar refractivity (Wildman–Crippen MR) is 123 cm³/mol. The predicted octanol–water partition coefficient (Wildman–Crippen LogP) is 3.34. The maximum atomic E-state index is 13.3. The minimum atomic E-state index is -1.26. The Morgan fingerprint density at radius 3 is 2.24 bits per heavy atom. The van der Waals surface area contributed by atoms with E-state index in [1.54, 1.807) is 12.1 Å². The molecule has 0 saturated carbocycles. The number of carboxylic acid groups (broad SMARTS) is 2. The smallest absolute Gasteiger partial charge is 0.328 e. The van der Waals surface area contributed by atoms with Crippen LogP contribution in [0.1, 0.15) is 29.0 Å². The van der Waals surface area contributed by atoms with Crippen molar-refractivity contribution in [3.05, 3.63) is 77.1 Å². The van der Waals surface area contributed by atoms with Gasteiger partial charge in [-0.05, 0) is 61.0 Å². The second kappa shape index (κ2) is 11.6. The summed E-state index contributed by atoms with van der Waals surface area (Å²) in [7, 11) is 2.18. The Labute approximate surface area is 192 Å². The average Bonchev–Trinajstić information content (AvgIpc) is 2.97. The van der Waals surface area contributed by atoms with Crippen LogP contribution in [0.5, 0.6) is 0 Å². The van der Waals surface area contributed by atoms with Gasteiger partial charge in [-0.3, -0.25) is 0 Å². The van der Waals surface area contributed by atoms with E-state index in [1.165, 1.54) is 22.4 Å². The van der Waals surface area contributed by atoms with Crippen LogP contribution in [-0.2, 0) is 20.9 Å². The lowest BCUT2D eigenvalue weighted by molar-refractivity contribution is -0.134. The summed E-state index contributed by atoms with van der Waals surface area (Å²) >= 11 is 0. The van der Waals surface area contributed by atoms with E-state index in [-0.39, 0.29) is 5.82 Å². The van der Waals surface area contributed by atoms with Crippen LogP contribution in [0.2, 0.25) is 0 Å². The first-order valence-electron chi connectivity index (χ1n) is 10.9. The molecule has 0 spiro atoms. The number of hydrogen-bond acceptors (Lipinski definition) is 5. The number of fused-ring (bicyclic) bond motifs is 1. The molecule has 0 aromatic heterocycles. The lowest BCUT2D eigenvalue weighted by Gasteiger charge is -2.30. The van der Waals surface area contributed by atoms with Crippen molar-refractivity contribution in [2.45, 2.75) is 18.9 Å². The molecule has 2 aliphatic heterocycles. The van der Waals surface area contributed by atoms with Crippen molar-refractivity contribution >= 4 is 17.6 Å². The molecule has 0 aliphatic carbocycles. The molecule has 0 radical (unpaired) electrons. The van der Waals surface area contributed by atoms with E-state index in [9.17, 15) is 14.0 Å². The molecule has 1 atom stereocenters. The second-order valence-electron chi connectivity index (χ2n) is 8.12. The molecular weight excluding hydrogens is 427 g/mol. The Morgan fingerprint density at radius 2 is 1.64 bits per heavy atom. The van der Waals surface area contributed by atoms with E-state index in [0.717, 1.165) is 45.8 Å². The lowest BCUT2D eigenvalue weighted by atomic mass is 9.86. The number of benzene rings is 2. The molecule has 0 bridgehead atoms. The number of nitrogens with zero attached hydrogens (tertiary/aromatic N) is 2. The van der Waals surface area contributed by atoms with Crippen molar-refractivity contribution < 1.29 is 28.9 Å². The fraction of sp³-hybridized carbons (Fsp3) is 0.360. The Kier molecular flexibility index (Phi) is 8.57. The van der Waals surface area contributed by atoms with Gasteiger partial charge in [-0.1, -0.05) is 18.2 Å². The fourth-order valence-electron chi connectivity index (χ4n) is 4.15. The van der Waals surface area contributed by atoms with E-state index < -0.39 is 11.9 Å². The van der Waals surface area contributed by atoms with Crippen molar-refractivity contribution in [3.8, 4) is 0 Å². The van der Waals surface area contributed by atoms with Gasteiger partial charge in [-0.25, -0.2) is 14.0 Å². The van der Waals surface area contributed by atoms with Gasteiger partial charge in [0.15, 0.2) is 0 Å². The number of carboxylic acids is 2. The fourth-order valence-corrected chi connectivity index (χ4v) is 4.15. The van der Waals surface area contributed by atoms with Crippen LogP contribution >= 0.6 is 0 Å². The minimum absolute atomic E-state index is 0.169. The number of ether oxygens (including phenoxy) is 1. The highest BCUT2D eigenvalue weighted by atomic mass is 19.1. The average molecular weight is 457 g/mol. The Balaban J connectivity index is 0.000000331. The van der Waals surface area contributed by atoms with Crippen LogP contribution in [0, 0.1) is 5.82 Å². The molecule has 7 nitrogen and oxygen atoms in total. The third-order valence-corrected chi connectivity index (χ3v) is 5.76. The SMILES string of the molecule is CN1CCC(c2ccc(F)cc2)c2ccc(N3CCOCC3)cc2C1.O=C(O)/C=C\C(=O)O. The molecule has 0 amide bonds. The normalized spacial score (nSPS) is 18.7. The summed E-state index contributed by atoms with van der Waals surface area (Å²) < 4.78 is 18.8. The maximum Gasteiger partial charge on any atom is 0.328 e. The number of anilines is 1. The van der Waals surface area contributed by atoms with E-state index in [0.29, 0.717) is 18.1 Å². The highest BCUT2D eigenvalue weighted by molar-refractivity contribution is 5.89. The minimum Gasteiger partial charge on any atom is -0.478 e. The summed E-state index contributed by atoms with van der Waals surface area (Å²) in [6.45, 7) is 5.52. The van der Waals surface area contributed by atoms with Crippen LogP contribution in [0.15, 0.2) is 54.6 Å². The summed E-state index contributed by atoms with van der Waals surface area (Å²) in [5.74, 6) is -2.35. The topological polar surface area (TPSA) is 90.3 Å². The zero-order valence-corrected chi connectivity index (χ0v) is 18.6. The van der Waals surface area contributed by atoms with Gasteiger partial charge in [0.05, 0.1) is 13.2 Å². The van der Waals surface area contributed by atoms with Gasteiger partial charge in [0.1, 0.15) is 5.82 Å². The van der Waals surface area contributed by atoms with Gasteiger partial charge < -0.3 is 24.7 Å². The number of carbonyl (C=O) groups is 2. The van der Waals surface area contributed by atoms with Gasteiger partial charge in [0, 0.05) is 43.4 Å². The summed E-state index contributed by atoms with van der Waals surface area (Å²) in [5, 5.41) is 15.6. The molecule has 1 saturated heterocycles. The molecule has 4 rings (SSSR count). The third-order valence-electron chi connectivity index (χ3n) is 5.76. The van der Waals surface area contributed by atoms with Gasteiger partial charge in [-0.15, -0.1) is 0 Å². The van der Waals surface area contributed by atoms with Crippen molar-refractivity contribution in [2.75, 3.05) is 44.8 Å². The maximum absolute atomic E-state index is 13.3. The van der Waals surface area contributed by atoms with Crippen LogP contribution in [0.3, 0.4) is 0 Å². The monoisotopic (exact) mass is 456 g/mol. The van der Waals surface area contributed by atoms with Crippen molar-refractivity contribution in [2.24, 2.45) is 0 Å². The second-order valence-corrected chi connectivity index (χ2v) is 8.12. The first-order valence-corrected chi connectivity index (χ1v) is 10.9. The van der Waals surface area contributed by atoms with Crippen LogP contribution in [0.25, 0.3) is 0 Å². The largest absolute Gasteiger partial charge is 0.478 e. The molecule has 2 N–H and O–H groups in total. The van der Waals surface area contributed by atoms with E-state index in [1.807, 2.05) is 12.1 Å². The molecule has 2 aromatic carbocycles. The number of rotatable bonds is 4. The molecule has 33 heavy (non-hydrogen) atoms. The standard InChI is InChI=1S/C21H25FN2O.C4H4O4/c1-23-9-8-21(16-2-4-18(22)5-3-16)20-7-6-19(14-17(20)15-23)24-10-12-25-13-11-24;5-3(6)1-2-4(7)8/h2-7,14,21H,8-13,15H2,1H3;1-2H,(H,5,6)(H,7,8)/b;2-1-. The van der Waals surface area contributed by atoms with E-state index >= 15 is 0 Å². The zero-order valence-electron chi connectivity index (χ0n) is 18.6.